The van der Waals surface area contributed by atoms with Crippen molar-refractivity contribution in [1.29, 1.82) is 0 Å². The monoisotopic (exact) mass is 374 g/mol. The molecule has 7 heteroatoms. The number of alkyl halides is 2. The van der Waals surface area contributed by atoms with Gasteiger partial charge < -0.3 is 19.9 Å². The Bertz CT molecular complexity index is 482. The summed E-state index contributed by atoms with van der Waals surface area (Å²) in [6.07, 6.45) is 7.63. The van der Waals surface area contributed by atoms with E-state index in [1.165, 1.54) is 17.1 Å². The second kappa shape index (κ2) is 11.3. The number of carbonyl (C=O) groups excluding carboxylic acids is 2. The summed E-state index contributed by atoms with van der Waals surface area (Å²) >= 11 is 0. The Hall–Kier alpha value is -1.50. The number of aliphatic hydroxyl groups is 1. The van der Waals surface area contributed by atoms with E-state index in [0.29, 0.717) is 32.1 Å². The van der Waals surface area contributed by atoms with Gasteiger partial charge in [0.2, 0.25) is 0 Å². The van der Waals surface area contributed by atoms with E-state index in [1.807, 2.05) is 0 Å². The van der Waals surface area contributed by atoms with Gasteiger partial charge in [0.25, 0.3) is 5.91 Å². The zero-order valence-electron chi connectivity index (χ0n) is 15.5. The number of hydrogen-bond donors (Lipinski definition) is 1. The number of rotatable bonds is 13. The molecule has 0 aromatic carbocycles. The van der Waals surface area contributed by atoms with Crippen LogP contribution >= 0.6 is 0 Å². The number of aliphatic carboxylic acids is 1. The van der Waals surface area contributed by atoms with Gasteiger partial charge in [0.1, 0.15) is 0 Å². The highest BCUT2D eigenvalue weighted by Gasteiger charge is 2.52. The first-order chi connectivity index (χ1) is 12.3. The number of nitrogens with zero attached hydrogens (tertiary/aromatic N) is 1. The molecule has 150 valence electrons. The first-order valence-corrected chi connectivity index (χ1v) is 9.53. The third-order valence-electron chi connectivity index (χ3n) is 4.63. The molecular formula is C19H30F2NO4-. The lowest BCUT2D eigenvalue weighted by Crippen LogP contribution is -2.36. The Kier molecular flexibility index (Phi) is 9.76. The van der Waals surface area contributed by atoms with Crippen LogP contribution in [0.2, 0.25) is 0 Å². The van der Waals surface area contributed by atoms with Crippen molar-refractivity contribution in [3.63, 3.8) is 0 Å². The van der Waals surface area contributed by atoms with Gasteiger partial charge in [-0.3, -0.25) is 4.79 Å². The van der Waals surface area contributed by atoms with Crippen molar-refractivity contribution in [3.05, 3.63) is 12.2 Å². The minimum absolute atomic E-state index is 0.0119. The van der Waals surface area contributed by atoms with E-state index >= 15 is 0 Å². The number of halogens is 2. The lowest BCUT2D eigenvalue weighted by Gasteiger charge is -2.22. The van der Waals surface area contributed by atoms with Crippen molar-refractivity contribution in [2.24, 2.45) is 0 Å². The van der Waals surface area contributed by atoms with E-state index in [0.717, 1.165) is 19.3 Å². The van der Waals surface area contributed by atoms with Crippen LogP contribution < -0.4 is 5.11 Å². The molecule has 1 rings (SSSR count). The Morgan fingerprint density at radius 3 is 2.65 bits per heavy atom. The fourth-order valence-corrected chi connectivity index (χ4v) is 3.12. The van der Waals surface area contributed by atoms with E-state index in [2.05, 4.69) is 6.92 Å². The van der Waals surface area contributed by atoms with Gasteiger partial charge in [0.05, 0.1) is 12.1 Å². The van der Waals surface area contributed by atoms with E-state index in [9.17, 15) is 28.6 Å². The van der Waals surface area contributed by atoms with Crippen LogP contribution in [0.3, 0.4) is 0 Å². The van der Waals surface area contributed by atoms with Gasteiger partial charge in [-0.2, -0.15) is 8.78 Å². The fraction of sp³-hybridized carbons (Fsp3) is 0.789. The number of carboxylic acids is 1. The van der Waals surface area contributed by atoms with Crippen LogP contribution in [0.15, 0.2) is 12.2 Å². The van der Waals surface area contributed by atoms with Crippen LogP contribution in [0, 0.1) is 0 Å². The van der Waals surface area contributed by atoms with Gasteiger partial charge in [-0.15, -0.1) is 0 Å². The van der Waals surface area contributed by atoms with E-state index in [1.54, 1.807) is 0 Å². The molecule has 0 radical (unpaired) electrons. The van der Waals surface area contributed by atoms with E-state index < -0.39 is 36.4 Å². The molecule has 0 unspecified atom stereocenters. The molecule has 0 aliphatic carbocycles. The third-order valence-corrected chi connectivity index (χ3v) is 4.63. The van der Waals surface area contributed by atoms with Crippen molar-refractivity contribution in [2.45, 2.75) is 89.2 Å². The summed E-state index contributed by atoms with van der Waals surface area (Å²) < 4.78 is 27.5. The summed E-state index contributed by atoms with van der Waals surface area (Å²) in [6, 6.07) is -0.707. The molecule has 1 heterocycles. The largest absolute Gasteiger partial charge is 0.550 e. The maximum absolute atomic E-state index is 13.8. The lowest BCUT2D eigenvalue weighted by molar-refractivity contribution is -0.305. The predicted octanol–water partition coefficient (Wildman–Crippen LogP) is 2.42. The maximum atomic E-state index is 13.8. The number of hydrogen-bond acceptors (Lipinski definition) is 4. The Morgan fingerprint density at radius 2 is 2.00 bits per heavy atom. The lowest BCUT2D eigenvalue weighted by atomic mass is 10.1. The van der Waals surface area contributed by atoms with Crippen LogP contribution in [0.1, 0.15) is 71.1 Å². The molecule has 2 atom stereocenters. The molecule has 1 N–H and O–H groups in total. The summed E-state index contributed by atoms with van der Waals surface area (Å²) in [7, 11) is 0. The second-order valence-electron chi connectivity index (χ2n) is 6.96. The molecule has 0 saturated carbocycles. The van der Waals surface area contributed by atoms with Gasteiger partial charge in [-0.05, 0) is 25.7 Å². The highest BCUT2D eigenvalue weighted by atomic mass is 19.3. The van der Waals surface area contributed by atoms with E-state index in [-0.39, 0.29) is 13.0 Å². The minimum atomic E-state index is -3.36. The number of unbranched alkanes of at least 4 members (excludes halogenated alkanes) is 5. The van der Waals surface area contributed by atoms with Gasteiger partial charge in [0.15, 0.2) is 0 Å². The topological polar surface area (TPSA) is 80.7 Å². The average molecular weight is 374 g/mol. The van der Waals surface area contributed by atoms with Crippen molar-refractivity contribution in [3.8, 4) is 0 Å². The fourth-order valence-electron chi connectivity index (χ4n) is 3.12. The molecule has 1 amide bonds. The van der Waals surface area contributed by atoms with Gasteiger partial charge in [0, 0.05) is 18.9 Å². The molecule has 0 aromatic rings. The highest BCUT2D eigenvalue weighted by Crippen LogP contribution is 2.34. The average Bonchev–Trinajstić information content (AvgIpc) is 2.78. The zero-order chi connectivity index (χ0) is 19.6. The highest BCUT2D eigenvalue weighted by molar-refractivity contribution is 5.86. The van der Waals surface area contributed by atoms with Crippen LogP contribution in [0.25, 0.3) is 0 Å². The zero-order valence-corrected chi connectivity index (χ0v) is 15.5. The number of carbonyl (C=O) groups is 2. The summed E-state index contributed by atoms with van der Waals surface area (Å²) in [6.45, 7) is 2.27. The number of aliphatic hydroxyl groups excluding tert-OH is 1. The maximum Gasteiger partial charge on any atom is 0.327 e. The first kappa shape index (κ1) is 22.5. The van der Waals surface area contributed by atoms with Crippen LogP contribution in [-0.2, 0) is 9.59 Å². The van der Waals surface area contributed by atoms with Gasteiger partial charge in [-0.1, -0.05) is 51.2 Å². The number of likely N-dealkylation sites (tertiary alicyclic amines) is 1. The summed E-state index contributed by atoms with van der Waals surface area (Å²) in [4.78, 5) is 23.4. The Balaban J connectivity index is 2.48. The number of amides is 1. The summed E-state index contributed by atoms with van der Waals surface area (Å²) in [5.74, 6) is -5.62. The molecule has 1 fully saturated rings. The van der Waals surface area contributed by atoms with Crippen LogP contribution in [0.4, 0.5) is 8.78 Å². The molecular weight excluding hydrogens is 344 g/mol. The molecule has 1 aliphatic rings. The molecule has 1 saturated heterocycles. The SMILES string of the molecule is CCCCC[C@H](O)/C=C/[C@H]1CC(F)(F)C(=O)N1CCCCCCC(=O)[O-]. The van der Waals surface area contributed by atoms with Crippen LogP contribution in [-0.4, -0.2) is 46.5 Å². The quantitative estimate of drug-likeness (QED) is 0.397. The Morgan fingerprint density at radius 1 is 1.31 bits per heavy atom. The van der Waals surface area contributed by atoms with Crippen LogP contribution in [0.5, 0.6) is 0 Å². The minimum Gasteiger partial charge on any atom is -0.550 e. The van der Waals surface area contributed by atoms with Crippen molar-refractivity contribution >= 4 is 11.9 Å². The van der Waals surface area contributed by atoms with Crippen molar-refractivity contribution < 1.29 is 28.6 Å². The smallest absolute Gasteiger partial charge is 0.327 e. The molecule has 26 heavy (non-hydrogen) atoms. The molecule has 1 aliphatic heterocycles. The predicted molar refractivity (Wildman–Crippen MR) is 92.4 cm³/mol. The third kappa shape index (κ3) is 7.81. The normalized spacial score (nSPS) is 20.8. The molecule has 5 nitrogen and oxygen atoms in total. The standard InChI is InChI=1S/C19H31F2NO4/c1-2-3-6-9-16(23)12-11-15-14-19(20,21)18(26)22(15)13-8-5-4-7-10-17(24)25/h11-12,15-16,23H,2-10,13-14H2,1H3,(H,24,25)/p-1/b12-11+/t15-,16-/m0/s1. The second-order valence-corrected chi connectivity index (χ2v) is 6.96. The number of carboxylic acid groups (broad SMARTS) is 1. The molecule has 0 bridgehead atoms. The molecule has 0 aromatic heterocycles. The summed E-state index contributed by atoms with van der Waals surface area (Å²) in [5, 5.41) is 20.2. The molecule has 0 spiro atoms. The van der Waals surface area contributed by atoms with Gasteiger partial charge >= 0.3 is 5.92 Å². The summed E-state index contributed by atoms with van der Waals surface area (Å²) in [5.41, 5.74) is 0. The Labute approximate surface area is 154 Å². The van der Waals surface area contributed by atoms with Crippen molar-refractivity contribution in [1.82, 2.24) is 4.90 Å². The van der Waals surface area contributed by atoms with Crippen molar-refractivity contribution in [2.75, 3.05) is 6.54 Å². The first-order valence-electron chi connectivity index (χ1n) is 9.53. The van der Waals surface area contributed by atoms with Gasteiger partial charge in [-0.25, -0.2) is 0 Å². The van der Waals surface area contributed by atoms with E-state index in [4.69, 9.17) is 0 Å².